The number of hydrogen-bond acceptors (Lipinski definition) is 9. The normalized spacial score (nSPS) is 18.7. The van der Waals surface area contributed by atoms with E-state index in [1.807, 2.05) is 51.1 Å². The number of thiazole rings is 1. The molecular formula is C36H38N2O7S. The van der Waals surface area contributed by atoms with Crippen LogP contribution in [0.25, 0.3) is 16.0 Å². The fraction of sp³-hybridized carbons (Fsp3) is 0.361. The molecule has 240 valence electrons. The van der Waals surface area contributed by atoms with Gasteiger partial charge in [-0.15, -0.1) is 0 Å². The SMILES string of the molecule is CCOc1ccc2nc(N3C(=O)C(=O)/C(=C(/O)c4ccc5c(c4)CC(C)O5)C3c3ccc(OCCC(C)C)c(OCC)c3)sc2c1. The molecule has 46 heavy (non-hydrogen) atoms. The Kier molecular flexibility index (Phi) is 8.90. The second-order valence-electron chi connectivity index (χ2n) is 11.9. The molecule has 2 aliphatic heterocycles. The maximum atomic E-state index is 13.9. The van der Waals surface area contributed by atoms with Gasteiger partial charge in [0.15, 0.2) is 16.6 Å². The Morgan fingerprint density at radius 1 is 1.02 bits per heavy atom. The Morgan fingerprint density at radius 2 is 1.83 bits per heavy atom. The van der Waals surface area contributed by atoms with Crippen LogP contribution in [0.15, 0.2) is 60.2 Å². The third-order valence-electron chi connectivity index (χ3n) is 8.02. The maximum Gasteiger partial charge on any atom is 0.301 e. The zero-order valence-corrected chi connectivity index (χ0v) is 27.5. The van der Waals surface area contributed by atoms with Crippen molar-refractivity contribution in [2.24, 2.45) is 5.92 Å². The molecule has 9 nitrogen and oxygen atoms in total. The molecule has 1 N–H and O–H groups in total. The molecule has 1 fully saturated rings. The Labute approximate surface area is 272 Å². The van der Waals surface area contributed by atoms with Crippen LogP contribution in [-0.2, 0) is 16.0 Å². The van der Waals surface area contributed by atoms with Gasteiger partial charge in [0, 0.05) is 12.0 Å². The molecule has 6 rings (SSSR count). The lowest BCUT2D eigenvalue weighted by Gasteiger charge is -2.24. The first kappa shape index (κ1) is 31.4. The molecule has 1 aromatic heterocycles. The third-order valence-corrected chi connectivity index (χ3v) is 9.03. The van der Waals surface area contributed by atoms with Crippen molar-refractivity contribution >= 4 is 44.1 Å². The summed E-state index contributed by atoms with van der Waals surface area (Å²) in [5.74, 6) is 1.14. The highest BCUT2D eigenvalue weighted by atomic mass is 32.1. The van der Waals surface area contributed by atoms with E-state index in [1.165, 1.54) is 16.2 Å². The lowest BCUT2D eigenvalue weighted by molar-refractivity contribution is -0.132. The Morgan fingerprint density at radius 3 is 2.59 bits per heavy atom. The second kappa shape index (κ2) is 13.0. The van der Waals surface area contributed by atoms with Crippen LogP contribution in [0.4, 0.5) is 5.13 Å². The van der Waals surface area contributed by atoms with Gasteiger partial charge in [0.1, 0.15) is 23.4 Å². The van der Waals surface area contributed by atoms with Crippen molar-refractivity contribution in [2.45, 2.75) is 59.6 Å². The molecule has 1 saturated heterocycles. The quantitative estimate of drug-likeness (QED) is 0.102. The van der Waals surface area contributed by atoms with Crippen molar-refractivity contribution in [3.05, 3.63) is 76.9 Å². The summed E-state index contributed by atoms with van der Waals surface area (Å²) in [5, 5.41) is 12.1. The highest BCUT2D eigenvalue weighted by Gasteiger charge is 2.48. The molecule has 3 aromatic carbocycles. The number of anilines is 1. The van der Waals surface area contributed by atoms with Crippen molar-refractivity contribution in [3.8, 4) is 23.0 Å². The predicted molar refractivity (Wildman–Crippen MR) is 178 cm³/mol. The van der Waals surface area contributed by atoms with Crippen molar-refractivity contribution in [3.63, 3.8) is 0 Å². The number of carbonyl (C=O) groups excluding carboxylic acids is 2. The minimum absolute atomic E-state index is 0.0125. The molecule has 4 aromatic rings. The fourth-order valence-corrected chi connectivity index (χ4v) is 6.83. The molecule has 2 atom stereocenters. The van der Waals surface area contributed by atoms with Gasteiger partial charge in [0.25, 0.3) is 5.78 Å². The zero-order chi connectivity index (χ0) is 32.5. The summed E-state index contributed by atoms with van der Waals surface area (Å²) >= 11 is 1.28. The third kappa shape index (κ3) is 6.01. The number of nitrogens with zero attached hydrogens (tertiary/aromatic N) is 2. The average molecular weight is 643 g/mol. The van der Waals surface area contributed by atoms with E-state index < -0.39 is 17.7 Å². The van der Waals surface area contributed by atoms with E-state index in [4.69, 9.17) is 23.9 Å². The number of hydrogen-bond donors (Lipinski definition) is 1. The van der Waals surface area contributed by atoms with Gasteiger partial charge < -0.3 is 24.1 Å². The predicted octanol–water partition coefficient (Wildman–Crippen LogP) is 7.47. The number of fused-ring (bicyclic) bond motifs is 2. The van der Waals surface area contributed by atoms with Gasteiger partial charge >= 0.3 is 5.91 Å². The first-order valence-corrected chi connectivity index (χ1v) is 16.5. The van der Waals surface area contributed by atoms with Crippen molar-refractivity contribution in [2.75, 3.05) is 24.7 Å². The standard InChI is InChI=1S/C36H38N2O7S/c1-6-42-25-10-11-26-30(19-25)46-36(37-26)38-32(22-8-13-28(29(18-22)43-7-2)44-15-14-20(3)4)31(34(40)35(38)41)33(39)23-9-12-27-24(17-23)16-21(5)45-27/h8-13,17-21,32,39H,6-7,14-16H2,1-5H3/b33-31+. The summed E-state index contributed by atoms with van der Waals surface area (Å²) in [7, 11) is 0. The Balaban J connectivity index is 1.49. The van der Waals surface area contributed by atoms with Crippen LogP contribution in [0.5, 0.6) is 23.0 Å². The zero-order valence-electron chi connectivity index (χ0n) is 26.7. The number of benzene rings is 3. The van der Waals surface area contributed by atoms with Crippen molar-refractivity contribution in [1.82, 2.24) is 4.98 Å². The van der Waals surface area contributed by atoms with E-state index in [0.29, 0.717) is 71.2 Å². The van der Waals surface area contributed by atoms with Gasteiger partial charge in [-0.3, -0.25) is 14.5 Å². The van der Waals surface area contributed by atoms with Crippen molar-refractivity contribution < 1.29 is 33.6 Å². The molecule has 1 amide bonds. The Bertz CT molecular complexity index is 1830. The molecule has 0 spiro atoms. The summed E-state index contributed by atoms with van der Waals surface area (Å²) in [6, 6.07) is 15.3. The van der Waals surface area contributed by atoms with Gasteiger partial charge in [0.05, 0.1) is 41.7 Å². The number of ketones is 1. The number of Topliss-reactive ketones (excluding diaryl/α,β-unsaturated/α-hetero) is 1. The van der Waals surface area contributed by atoms with E-state index in [2.05, 4.69) is 13.8 Å². The summed E-state index contributed by atoms with van der Waals surface area (Å²) in [6.45, 7) is 11.5. The fourth-order valence-electron chi connectivity index (χ4n) is 5.81. The highest BCUT2D eigenvalue weighted by Crippen LogP contribution is 2.46. The van der Waals surface area contributed by atoms with Crippen LogP contribution in [0.1, 0.15) is 63.8 Å². The highest BCUT2D eigenvalue weighted by molar-refractivity contribution is 7.22. The minimum Gasteiger partial charge on any atom is -0.507 e. The second-order valence-corrected chi connectivity index (χ2v) is 12.9. The number of amides is 1. The van der Waals surface area contributed by atoms with Crippen LogP contribution in [0, 0.1) is 5.92 Å². The summed E-state index contributed by atoms with van der Waals surface area (Å²) in [5.41, 5.74) is 2.58. The first-order valence-electron chi connectivity index (χ1n) is 15.7. The first-order chi connectivity index (χ1) is 22.2. The molecule has 0 aliphatic carbocycles. The van der Waals surface area contributed by atoms with Crippen LogP contribution in [0.3, 0.4) is 0 Å². The van der Waals surface area contributed by atoms with Gasteiger partial charge in [-0.25, -0.2) is 4.98 Å². The smallest absolute Gasteiger partial charge is 0.301 e. The van der Waals surface area contributed by atoms with Crippen molar-refractivity contribution in [1.29, 1.82) is 0 Å². The van der Waals surface area contributed by atoms with E-state index in [1.54, 1.807) is 24.3 Å². The van der Waals surface area contributed by atoms with Gasteiger partial charge in [0.2, 0.25) is 0 Å². The molecule has 0 saturated carbocycles. The van der Waals surface area contributed by atoms with E-state index in [-0.39, 0.29) is 17.4 Å². The lowest BCUT2D eigenvalue weighted by atomic mass is 9.94. The summed E-state index contributed by atoms with van der Waals surface area (Å²) in [6.07, 6.45) is 1.57. The van der Waals surface area contributed by atoms with E-state index in [0.717, 1.165) is 22.4 Å². The molecule has 2 unspecified atom stereocenters. The van der Waals surface area contributed by atoms with E-state index >= 15 is 0 Å². The van der Waals surface area contributed by atoms with Gasteiger partial charge in [-0.05, 0) is 92.8 Å². The molecule has 0 bridgehead atoms. The number of ether oxygens (including phenoxy) is 4. The molecule has 10 heteroatoms. The van der Waals surface area contributed by atoms with Gasteiger partial charge in [-0.1, -0.05) is 31.3 Å². The van der Waals surface area contributed by atoms with Crippen LogP contribution >= 0.6 is 11.3 Å². The summed E-state index contributed by atoms with van der Waals surface area (Å²) in [4.78, 5) is 33.9. The summed E-state index contributed by atoms with van der Waals surface area (Å²) < 4.78 is 24.4. The molecular weight excluding hydrogens is 604 g/mol. The average Bonchev–Trinajstić information content (AvgIpc) is 3.69. The van der Waals surface area contributed by atoms with Crippen LogP contribution in [-0.4, -0.2) is 47.7 Å². The lowest BCUT2D eigenvalue weighted by Crippen LogP contribution is -2.29. The molecule has 0 radical (unpaired) electrons. The monoisotopic (exact) mass is 642 g/mol. The molecule has 2 aliphatic rings. The number of aliphatic hydroxyl groups is 1. The van der Waals surface area contributed by atoms with Crippen LogP contribution in [0.2, 0.25) is 0 Å². The number of rotatable bonds is 11. The number of aliphatic hydroxyl groups excluding tert-OH is 1. The van der Waals surface area contributed by atoms with Gasteiger partial charge in [-0.2, -0.15) is 0 Å². The number of carbonyl (C=O) groups is 2. The van der Waals surface area contributed by atoms with E-state index in [9.17, 15) is 14.7 Å². The van der Waals surface area contributed by atoms with Crippen LogP contribution < -0.4 is 23.8 Å². The maximum absolute atomic E-state index is 13.9. The number of aromatic nitrogens is 1. The topological polar surface area (TPSA) is 107 Å². The Hall–Kier alpha value is -4.57. The largest absolute Gasteiger partial charge is 0.507 e. The minimum atomic E-state index is -0.973. The molecule has 3 heterocycles.